The van der Waals surface area contributed by atoms with E-state index in [1.807, 2.05) is 18.2 Å². The summed E-state index contributed by atoms with van der Waals surface area (Å²) in [6.45, 7) is 3.01. The minimum atomic E-state index is -3.55. The van der Waals surface area contributed by atoms with Crippen molar-refractivity contribution in [3.8, 4) is 0 Å². The second kappa shape index (κ2) is 9.42. The van der Waals surface area contributed by atoms with Crippen molar-refractivity contribution in [2.45, 2.75) is 50.0 Å². The molecule has 170 valence electrons. The lowest BCUT2D eigenvalue weighted by Crippen LogP contribution is -2.47. The van der Waals surface area contributed by atoms with E-state index in [1.165, 1.54) is 21.7 Å². The third kappa shape index (κ3) is 4.56. The van der Waals surface area contributed by atoms with E-state index in [9.17, 15) is 18.0 Å². The molecule has 0 bridgehead atoms. The molecular weight excluding hydrogens is 426 g/mol. The molecule has 2 aliphatic rings. The third-order valence-electron chi connectivity index (χ3n) is 6.16. The molecule has 0 saturated carbocycles. The quantitative estimate of drug-likeness (QED) is 0.650. The normalized spacial score (nSPS) is 18.5. The number of rotatable bonds is 7. The molecule has 8 heteroatoms. The van der Waals surface area contributed by atoms with E-state index in [4.69, 9.17) is 0 Å². The van der Waals surface area contributed by atoms with Gasteiger partial charge < -0.3 is 5.32 Å². The van der Waals surface area contributed by atoms with E-state index < -0.39 is 16.1 Å². The first kappa shape index (κ1) is 22.5. The summed E-state index contributed by atoms with van der Waals surface area (Å²) in [6.07, 6.45) is 3.71. The van der Waals surface area contributed by atoms with E-state index >= 15 is 0 Å². The lowest BCUT2D eigenvalue weighted by atomic mass is 10.1. The molecule has 0 aliphatic carbocycles. The second-order valence-corrected chi connectivity index (χ2v) is 10.3. The molecule has 2 amide bonds. The number of amides is 2. The highest BCUT2D eigenvalue weighted by Gasteiger charge is 2.38. The van der Waals surface area contributed by atoms with Crippen LogP contribution in [0.4, 0.5) is 5.69 Å². The number of aryl methyl sites for hydroxylation is 1. The summed E-state index contributed by atoms with van der Waals surface area (Å²) in [5.74, 6) is -0.447. The van der Waals surface area contributed by atoms with Crippen molar-refractivity contribution in [1.82, 2.24) is 9.62 Å². The van der Waals surface area contributed by atoms with Crippen molar-refractivity contribution >= 4 is 27.5 Å². The number of anilines is 1. The first-order valence-corrected chi connectivity index (χ1v) is 12.6. The average Bonchev–Trinajstić information content (AvgIpc) is 3.45. The average molecular weight is 456 g/mol. The summed E-state index contributed by atoms with van der Waals surface area (Å²) < 4.78 is 27.3. The summed E-state index contributed by atoms with van der Waals surface area (Å²) in [6, 6.07) is 14.2. The molecule has 4 rings (SSSR count). The summed E-state index contributed by atoms with van der Waals surface area (Å²) in [5, 5.41) is 2.94. The first-order chi connectivity index (χ1) is 15.4. The zero-order valence-electron chi connectivity index (χ0n) is 18.3. The zero-order valence-corrected chi connectivity index (χ0v) is 19.1. The van der Waals surface area contributed by atoms with Gasteiger partial charge in [-0.1, -0.05) is 30.3 Å². The van der Waals surface area contributed by atoms with Gasteiger partial charge in [0.05, 0.1) is 4.90 Å². The number of nitrogens with zero attached hydrogens (tertiary/aromatic N) is 2. The maximum Gasteiger partial charge on any atom is 0.243 e. The standard InChI is InChI=1S/C24H29N3O4S/c1-18(28)27-22-12-11-21(32(30,31)26-14-5-6-15-26)16-20(22)17-23(27)24(29)25-13-7-10-19-8-3-2-4-9-19/h2-4,8-9,11-12,16,23H,5-7,10,13-15,17H2,1H3,(H,25,29)/t23-/m0/s1. The molecule has 0 spiro atoms. The number of carbonyl (C=O) groups excluding carboxylic acids is 2. The summed E-state index contributed by atoms with van der Waals surface area (Å²) >= 11 is 0. The minimum Gasteiger partial charge on any atom is -0.354 e. The van der Waals surface area contributed by atoms with E-state index in [1.54, 1.807) is 18.2 Å². The summed E-state index contributed by atoms with van der Waals surface area (Å²) in [7, 11) is -3.55. The minimum absolute atomic E-state index is 0.214. The first-order valence-electron chi connectivity index (χ1n) is 11.1. The van der Waals surface area contributed by atoms with Crippen molar-refractivity contribution in [2.75, 3.05) is 24.5 Å². The lowest BCUT2D eigenvalue weighted by Gasteiger charge is -2.23. The highest BCUT2D eigenvalue weighted by Crippen LogP contribution is 2.35. The van der Waals surface area contributed by atoms with Gasteiger partial charge in [-0.3, -0.25) is 14.5 Å². The van der Waals surface area contributed by atoms with E-state index in [-0.39, 0.29) is 16.7 Å². The van der Waals surface area contributed by atoms with Gasteiger partial charge in [-0.25, -0.2) is 8.42 Å². The van der Waals surface area contributed by atoms with Gasteiger partial charge in [0.15, 0.2) is 0 Å². The number of sulfonamides is 1. The second-order valence-electron chi connectivity index (χ2n) is 8.39. The van der Waals surface area contributed by atoms with Crippen LogP contribution in [0.3, 0.4) is 0 Å². The van der Waals surface area contributed by atoms with Crippen LogP contribution >= 0.6 is 0 Å². The van der Waals surface area contributed by atoms with E-state index in [0.717, 1.165) is 25.7 Å². The fourth-order valence-corrected chi connectivity index (χ4v) is 6.10. The molecule has 1 N–H and O–H groups in total. The highest BCUT2D eigenvalue weighted by atomic mass is 32.2. The van der Waals surface area contributed by atoms with Crippen LogP contribution in [0.25, 0.3) is 0 Å². The molecule has 2 heterocycles. The molecule has 1 fully saturated rings. The molecule has 7 nitrogen and oxygen atoms in total. The van der Waals surface area contributed by atoms with Crippen LogP contribution in [0, 0.1) is 0 Å². The van der Waals surface area contributed by atoms with Gasteiger partial charge in [0.25, 0.3) is 0 Å². The Bertz CT molecular complexity index is 1100. The maximum atomic E-state index is 12.9. The maximum absolute atomic E-state index is 12.9. The largest absolute Gasteiger partial charge is 0.354 e. The van der Waals surface area contributed by atoms with Gasteiger partial charge in [-0.2, -0.15) is 4.31 Å². The number of fused-ring (bicyclic) bond motifs is 1. The van der Waals surface area contributed by atoms with Crippen molar-refractivity contribution in [2.24, 2.45) is 0 Å². The van der Waals surface area contributed by atoms with Crippen LogP contribution < -0.4 is 10.2 Å². The van der Waals surface area contributed by atoms with Gasteiger partial charge in [-0.05, 0) is 55.0 Å². The Morgan fingerprint density at radius 2 is 1.78 bits per heavy atom. The Morgan fingerprint density at radius 3 is 2.47 bits per heavy atom. The number of benzene rings is 2. The topological polar surface area (TPSA) is 86.8 Å². The van der Waals surface area contributed by atoms with Gasteiger partial charge in [-0.15, -0.1) is 0 Å². The van der Waals surface area contributed by atoms with Crippen LogP contribution in [0.1, 0.15) is 37.3 Å². The predicted octanol–water partition coefficient (Wildman–Crippen LogP) is 2.50. The monoisotopic (exact) mass is 455 g/mol. The fourth-order valence-electron chi connectivity index (χ4n) is 4.53. The Balaban J connectivity index is 1.44. The van der Waals surface area contributed by atoms with Gasteiger partial charge in [0, 0.05) is 38.7 Å². The SMILES string of the molecule is CC(=O)N1c2ccc(S(=O)(=O)N3CCCC3)cc2C[C@H]1C(=O)NCCCc1ccccc1. The molecule has 1 saturated heterocycles. The van der Waals surface area contributed by atoms with Gasteiger partial charge >= 0.3 is 0 Å². The Labute approximate surface area is 189 Å². The molecule has 32 heavy (non-hydrogen) atoms. The molecule has 2 aliphatic heterocycles. The molecule has 2 aromatic rings. The van der Waals surface area contributed by atoms with Crippen LogP contribution in [0.15, 0.2) is 53.4 Å². The Kier molecular flexibility index (Phi) is 6.62. The van der Waals surface area contributed by atoms with Crippen molar-refractivity contribution in [1.29, 1.82) is 0 Å². The zero-order chi connectivity index (χ0) is 22.7. The van der Waals surface area contributed by atoms with E-state index in [2.05, 4.69) is 17.4 Å². The van der Waals surface area contributed by atoms with Gasteiger partial charge in [0.2, 0.25) is 21.8 Å². The summed E-state index contributed by atoms with van der Waals surface area (Å²) in [4.78, 5) is 27.0. The Morgan fingerprint density at radius 1 is 1.06 bits per heavy atom. The van der Waals surface area contributed by atoms with Crippen LogP contribution in [0.5, 0.6) is 0 Å². The number of hydrogen-bond donors (Lipinski definition) is 1. The molecule has 0 aromatic heterocycles. The van der Waals surface area contributed by atoms with E-state index in [0.29, 0.717) is 37.3 Å². The fraction of sp³-hybridized carbons (Fsp3) is 0.417. The molecule has 0 radical (unpaired) electrons. The molecular formula is C24H29N3O4S. The Hall–Kier alpha value is -2.71. The van der Waals surface area contributed by atoms with Crippen LogP contribution in [0.2, 0.25) is 0 Å². The van der Waals surface area contributed by atoms with Crippen molar-refractivity contribution < 1.29 is 18.0 Å². The van der Waals surface area contributed by atoms with Gasteiger partial charge in [0.1, 0.15) is 6.04 Å². The van der Waals surface area contributed by atoms with Crippen LogP contribution in [-0.4, -0.2) is 50.2 Å². The molecule has 0 unspecified atom stereocenters. The van der Waals surface area contributed by atoms with Crippen molar-refractivity contribution in [3.63, 3.8) is 0 Å². The third-order valence-corrected chi connectivity index (χ3v) is 8.06. The van der Waals surface area contributed by atoms with Crippen LogP contribution in [-0.2, 0) is 32.5 Å². The highest BCUT2D eigenvalue weighted by molar-refractivity contribution is 7.89. The summed E-state index contributed by atoms with van der Waals surface area (Å²) in [5.41, 5.74) is 2.54. The lowest BCUT2D eigenvalue weighted by molar-refractivity contribution is -0.125. The molecule has 1 atom stereocenters. The predicted molar refractivity (Wildman–Crippen MR) is 123 cm³/mol. The number of hydrogen-bond acceptors (Lipinski definition) is 4. The smallest absolute Gasteiger partial charge is 0.243 e. The number of carbonyl (C=O) groups is 2. The number of nitrogens with one attached hydrogen (secondary N) is 1. The molecule has 2 aromatic carbocycles. The van der Waals surface area contributed by atoms with Crippen molar-refractivity contribution in [3.05, 3.63) is 59.7 Å².